The maximum absolute atomic E-state index is 11.6. The first kappa shape index (κ1) is 12.9. The number of benzene rings is 1. The van der Waals surface area contributed by atoms with Crippen molar-refractivity contribution in [3.63, 3.8) is 0 Å². The Bertz CT molecular complexity index is 411. The van der Waals surface area contributed by atoms with Crippen LogP contribution < -0.4 is 4.46 Å². The predicted octanol–water partition coefficient (Wildman–Crippen LogP) is 1.72. The monoisotopic (exact) mass is 282 g/mol. The molecule has 0 N–H and O–H groups in total. The predicted molar refractivity (Wildman–Crippen MR) is 65.6 cm³/mol. The summed E-state index contributed by atoms with van der Waals surface area (Å²) in [6.07, 6.45) is 3.32. The van der Waals surface area contributed by atoms with E-state index in [-0.39, 0.29) is 5.78 Å². The van der Waals surface area contributed by atoms with Gasteiger partial charge in [-0.15, -0.1) is 0 Å². The van der Waals surface area contributed by atoms with Crippen molar-refractivity contribution in [2.75, 3.05) is 0 Å². The Hall–Kier alpha value is -1.21. The molecular weight excluding hydrogens is 267 g/mol. The van der Waals surface area contributed by atoms with Gasteiger partial charge < -0.3 is 0 Å². The van der Waals surface area contributed by atoms with E-state index in [4.69, 9.17) is 5.53 Å². The van der Waals surface area contributed by atoms with Crippen molar-refractivity contribution in [1.82, 2.24) is 0 Å². The molecule has 0 fully saturated rings. The van der Waals surface area contributed by atoms with Crippen LogP contribution in [-0.2, 0) is 0 Å². The molecule has 0 heterocycles. The van der Waals surface area contributed by atoms with E-state index in [1.807, 2.05) is 18.2 Å². The first-order chi connectivity index (χ1) is 7.79. The molecule has 84 valence electrons. The van der Waals surface area contributed by atoms with E-state index in [1.165, 1.54) is 12.8 Å². The second-order valence-corrected chi connectivity index (χ2v) is 5.69. The zero-order valence-electron chi connectivity index (χ0n) is 9.22. The summed E-state index contributed by atoms with van der Waals surface area (Å²) in [4.78, 5) is 14.4. The van der Waals surface area contributed by atoms with Crippen LogP contribution in [0.3, 0.4) is 0 Å². The SMILES string of the molecule is CCCC[Se]c1ccccc1C(=O)C=[N+]=[N-]. The molecule has 0 bridgehead atoms. The fraction of sp³-hybridized carbons (Fsp3) is 0.333. The number of carbonyl (C=O) groups is 1. The molecule has 16 heavy (non-hydrogen) atoms. The third-order valence-corrected chi connectivity index (χ3v) is 4.52. The Kier molecular flexibility index (Phi) is 5.73. The van der Waals surface area contributed by atoms with E-state index in [0.717, 1.165) is 16.0 Å². The number of rotatable bonds is 6. The van der Waals surface area contributed by atoms with Crippen LogP contribution in [0, 0.1) is 0 Å². The number of carbonyl (C=O) groups excluding carboxylic acids is 1. The molecule has 1 aromatic carbocycles. The van der Waals surface area contributed by atoms with Crippen LogP contribution in [0.25, 0.3) is 5.53 Å². The number of hydrogen-bond donors (Lipinski definition) is 0. The molecule has 3 nitrogen and oxygen atoms in total. The molecule has 0 radical (unpaired) electrons. The molecule has 0 saturated carbocycles. The van der Waals surface area contributed by atoms with Crippen LogP contribution in [0.4, 0.5) is 0 Å². The number of unbranched alkanes of at least 4 members (excludes halogenated alkanes) is 1. The van der Waals surface area contributed by atoms with Crippen LogP contribution in [0.15, 0.2) is 24.3 Å². The van der Waals surface area contributed by atoms with Gasteiger partial charge in [-0.3, -0.25) is 0 Å². The summed E-state index contributed by atoms with van der Waals surface area (Å²) >= 11 is 0.325. The second kappa shape index (κ2) is 7.13. The first-order valence-corrected chi connectivity index (χ1v) is 7.30. The van der Waals surface area contributed by atoms with Crippen LogP contribution in [0.5, 0.6) is 0 Å². The van der Waals surface area contributed by atoms with Crippen molar-refractivity contribution in [3.05, 3.63) is 35.4 Å². The topological polar surface area (TPSA) is 53.5 Å². The van der Waals surface area contributed by atoms with Crippen LogP contribution in [-0.4, -0.2) is 31.7 Å². The molecule has 0 amide bonds. The van der Waals surface area contributed by atoms with Crippen molar-refractivity contribution in [2.24, 2.45) is 0 Å². The number of ketones is 1. The Morgan fingerprint density at radius 2 is 2.25 bits per heavy atom. The van der Waals surface area contributed by atoms with Gasteiger partial charge in [0.25, 0.3) is 0 Å². The van der Waals surface area contributed by atoms with Crippen molar-refractivity contribution in [1.29, 1.82) is 0 Å². The molecular formula is C12H14N2OSe. The fourth-order valence-corrected chi connectivity index (χ4v) is 3.66. The van der Waals surface area contributed by atoms with Gasteiger partial charge in [0.1, 0.15) is 0 Å². The summed E-state index contributed by atoms with van der Waals surface area (Å²) in [7, 11) is 0. The first-order valence-electron chi connectivity index (χ1n) is 5.23. The van der Waals surface area contributed by atoms with E-state index in [0.29, 0.717) is 20.5 Å². The van der Waals surface area contributed by atoms with E-state index in [1.54, 1.807) is 6.07 Å². The second-order valence-electron chi connectivity index (χ2n) is 3.31. The van der Waals surface area contributed by atoms with Gasteiger partial charge in [0, 0.05) is 0 Å². The van der Waals surface area contributed by atoms with Gasteiger partial charge in [0.15, 0.2) is 0 Å². The van der Waals surface area contributed by atoms with Crippen molar-refractivity contribution < 1.29 is 9.58 Å². The van der Waals surface area contributed by atoms with Gasteiger partial charge in [-0.2, -0.15) is 0 Å². The molecule has 1 rings (SSSR count). The summed E-state index contributed by atoms with van der Waals surface area (Å²) in [5, 5.41) is 1.14. The molecule has 0 aliphatic heterocycles. The van der Waals surface area contributed by atoms with Crippen molar-refractivity contribution in [2.45, 2.75) is 25.1 Å². The molecule has 0 spiro atoms. The quantitative estimate of drug-likeness (QED) is 0.196. The molecule has 1 aromatic rings. The minimum atomic E-state index is -0.225. The van der Waals surface area contributed by atoms with Gasteiger partial charge in [0.2, 0.25) is 0 Å². The zero-order chi connectivity index (χ0) is 11.8. The summed E-state index contributed by atoms with van der Waals surface area (Å²) in [5.41, 5.74) is 9.02. The molecule has 0 unspecified atom stereocenters. The van der Waals surface area contributed by atoms with Gasteiger partial charge in [-0.1, -0.05) is 0 Å². The van der Waals surface area contributed by atoms with Crippen LogP contribution in [0.2, 0.25) is 5.32 Å². The molecule has 0 aliphatic rings. The van der Waals surface area contributed by atoms with Crippen molar-refractivity contribution in [3.8, 4) is 0 Å². The molecule has 0 atom stereocenters. The van der Waals surface area contributed by atoms with Crippen molar-refractivity contribution >= 4 is 31.4 Å². The third kappa shape index (κ3) is 3.74. The molecule has 0 aromatic heterocycles. The molecule has 0 aliphatic carbocycles. The number of hydrogen-bond acceptors (Lipinski definition) is 1. The van der Waals surface area contributed by atoms with Gasteiger partial charge in [-0.25, -0.2) is 0 Å². The Labute approximate surface area is 102 Å². The summed E-state index contributed by atoms with van der Waals surface area (Å²) in [6.45, 7) is 2.16. The number of nitrogens with zero attached hydrogens (tertiary/aromatic N) is 2. The Balaban J connectivity index is 2.82. The normalized spacial score (nSPS) is 9.56. The molecule has 0 saturated heterocycles. The van der Waals surface area contributed by atoms with E-state index < -0.39 is 0 Å². The standard InChI is InChI=1S/C12H14N2OSe/c1-2-3-8-16-12-7-5-4-6-10(12)11(15)9-14-13/h4-7,9H,2-3,8H2,1H3. The maximum atomic E-state index is 11.6. The summed E-state index contributed by atoms with van der Waals surface area (Å²) in [6, 6.07) is 7.54. The summed E-state index contributed by atoms with van der Waals surface area (Å²) < 4.78 is 1.09. The van der Waals surface area contributed by atoms with E-state index in [2.05, 4.69) is 11.7 Å². The molecule has 4 heteroatoms. The average Bonchev–Trinajstić information content (AvgIpc) is 2.30. The minimum absolute atomic E-state index is 0.225. The van der Waals surface area contributed by atoms with Crippen LogP contribution in [0.1, 0.15) is 30.1 Å². The third-order valence-electron chi connectivity index (χ3n) is 2.08. The van der Waals surface area contributed by atoms with E-state index >= 15 is 0 Å². The fourth-order valence-electron chi connectivity index (χ4n) is 1.24. The average molecular weight is 281 g/mol. The zero-order valence-corrected chi connectivity index (χ0v) is 10.9. The summed E-state index contributed by atoms with van der Waals surface area (Å²) in [5.74, 6) is -0.225. The Morgan fingerprint density at radius 3 is 2.94 bits per heavy atom. The Morgan fingerprint density at radius 1 is 1.50 bits per heavy atom. The van der Waals surface area contributed by atoms with Gasteiger partial charge in [-0.05, 0) is 0 Å². The van der Waals surface area contributed by atoms with Gasteiger partial charge >= 0.3 is 101 Å². The van der Waals surface area contributed by atoms with E-state index in [9.17, 15) is 4.79 Å². The van der Waals surface area contributed by atoms with Gasteiger partial charge in [0.05, 0.1) is 0 Å². The number of Topliss-reactive ketones (excluding diaryl/α,β-unsaturated/α-hetero) is 1. The van der Waals surface area contributed by atoms with Crippen LogP contribution >= 0.6 is 0 Å².